The van der Waals surface area contributed by atoms with Gasteiger partial charge in [0.2, 0.25) is 0 Å². The number of aromatic nitrogens is 1. The Morgan fingerprint density at radius 1 is 1.13 bits per heavy atom. The zero-order chi connectivity index (χ0) is 10.1. The van der Waals surface area contributed by atoms with Gasteiger partial charge in [-0.3, -0.25) is 0 Å². The summed E-state index contributed by atoms with van der Waals surface area (Å²) in [5.74, 6) is 0. The molecule has 2 heterocycles. The van der Waals surface area contributed by atoms with Gasteiger partial charge < -0.3 is 4.98 Å². The molecule has 0 aliphatic carbocycles. The predicted molar refractivity (Wildman–Crippen MR) is 60.3 cm³/mol. The molecule has 0 atom stereocenters. The van der Waals surface area contributed by atoms with Crippen LogP contribution in [0.5, 0.6) is 0 Å². The molecule has 4 nitrogen and oxygen atoms in total. The maximum absolute atomic E-state index is 4.10. The summed E-state index contributed by atoms with van der Waals surface area (Å²) in [4.78, 5) is 3.14. The number of H-pyrrole nitrogens is 1. The lowest BCUT2D eigenvalue weighted by atomic mass is 10.1. The molecular formula is C11H8N4. The van der Waals surface area contributed by atoms with Crippen molar-refractivity contribution >= 4 is 28.9 Å². The van der Waals surface area contributed by atoms with Crippen molar-refractivity contribution in [3.05, 3.63) is 36.0 Å². The molecule has 0 bridgehead atoms. The first-order valence-corrected chi connectivity index (χ1v) is 4.66. The molecule has 4 heteroatoms. The second-order valence-corrected chi connectivity index (χ2v) is 3.26. The minimum Gasteiger partial charge on any atom is -0.361 e. The highest BCUT2D eigenvalue weighted by molar-refractivity contribution is 5.96. The van der Waals surface area contributed by atoms with Crippen molar-refractivity contribution in [1.29, 1.82) is 0 Å². The molecule has 1 N–H and O–H groups in total. The van der Waals surface area contributed by atoms with Gasteiger partial charge in [-0.2, -0.15) is 0 Å². The largest absolute Gasteiger partial charge is 0.361 e. The van der Waals surface area contributed by atoms with Gasteiger partial charge in [0.1, 0.15) is 5.69 Å². The summed E-state index contributed by atoms with van der Waals surface area (Å²) < 4.78 is 0. The highest BCUT2D eigenvalue weighted by Crippen LogP contribution is 2.31. The highest BCUT2D eigenvalue weighted by atomic mass is 15.4. The van der Waals surface area contributed by atoms with Crippen LogP contribution in [0.2, 0.25) is 0 Å². The highest BCUT2D eigenvalue weighted by Gasteiger charge is 2.06. The smallest absolute Gasteiger partial charge is 0.104 e. The molecule has 1 aromatic heterocycles. The lowest BCUT2D eigenvalue weighted by Gasteiger charge is -2.01. The van der Waals surface area contributed by atoms with Crippen molar-refractivity contribution in [3.8, 4) is 0 Å². The van der Waals surface area contributed by atoms with Gasteiger partial charge in [-0.25, -0.2) is 0 Å². The van der Waals surface area contributed by atoms with E-state index in [-0.39, 0.29) is 0 Å². The minimum atomic E-state index is 0.863. The number of fused-ring (bicyclic) bond motifs is 3. The van der Waals surface area contributed by atoms with Crippen molar-refractivity contribution in [3.63, 3.8) is 0 Å². The molecule has 1 aromatic carbocycles. The average molecular weight is 196 g/mol. The fourth-order valence-electron chi connectivity index (χ4n) is 1.67. The van der Waals surface area contributed by atoms with Crippen molar-refractivity contribution < 1.29 is 0 Å². The zero-order valence-corrected chi connectivity index (χ0v) is 7.88. The second-order valence-electron chi connectivity index (χ2n) is 3.26. The van der Waals surface area contributed by atoms with Crippen molar-refractivity contribution in [1.82, 2.24) is 4.98 Å². The Kier molecular flexibility index (Phi) is 1.71. The fourth-order valence-corrected chi connectivity index (χ4v) is 1.67. The van der Waals surface area contributed by atoms with Crippen LogP contribution < -0.4 is 0 Å². The van der Waals surface area contributed by atoms with Crippen LogP contribution in [0.15, 0.2) is 45.9 Å². The summed E-state index contributed by atoms with van der Waals surface area (Å²) in [6.07, 6.45) is 7.35. The van der Waals surface area contributed by atoms with E-state index >= 15 is 0 Å². The van der Waals surface area contributed by atoms with Gasteiger partial charge in [-0.1, -0.05) is 12.1 Å². The molecule has 1 aliphatic heterocycles. The Morgan fingerprint density at radius 2 is 2.13 bits per heavy atom. The van der Waals surface area contributed by atoms with Gasteiger partial charge in [0.05, 0.1) is 6.21 Å². The topological polar surface area (TPSA) is 52.9 Å². The lowest BCUT2D eigenvalue weighted by molar-refractivity contribution is 1.07. The number of nitrogens with one attached hydrogen (secondary N) is 1. The minimum absolute atomic E-state index is 0.863. The monoisotopic (exact) mass is 196 g/mol. The van der Waals surface area contributed by atoms with E-state index in [1.54, 1.807) is 6.21 Å². The SMILES string of the molecule is C1=C\c2ccc3[nH]ccc3c2N=N\N=C/1. The fraction of sp³-hybridized carbons (Fsp3) is 0. The standard InChI is InChI=1S/C11H8N4/c1-2-8-3-4-10-9(5-7-12-10)11(8)14-15-13-6-1/h1-7,12H/b2-1-,6-1?,8-2?,13-6-,14-11?,15-13?,15-14?. The number of benzene rings is 1. The van der Waals surface area contributed by atoms with Crippen LogP contribution in [0.1, 0.15) is 5.56 Å². The maximum Gasteiger partial charge on any atom is 0.104 e. The van der Waals surface area contributed by atoms with Gasteiger partial charge in [0.15, 0.2) is 0 Å². The van der Waals surface area contributed by atoms with Crippen LogP contribution in [0.3, 0.4) is 0 Å². The van der Waals surface area contributed by atoms with E-state index in [0.29, 0.717) is 0 Å². The molecule has 0 fully saturated rings. The van der Waals surface area contributed by atoms with Gasteiger partial charge in [-0.15, -0.1) is 10.2 Å². The molecule has 0 saturated carbocycles. The van der Waals surface area contributed by atoms with E-state index in [1.807, 2.05) is 36.5 Å². The van der Waals surface area contributed by atoms with E-state index in [4.69, 9.17) is 0 Å². The van der Waals surface area contributed by atoms with Crippen LogP contribution in [0.25, 0.3) is 17.0 Å². The quantitative estimate of drug-likeness (QED) is 0.672. The van der Waals surface area contributed by atoms with Gasteiger partial charge in [0.25, 0.3) is 0 Å². The van der Waals surface area contributed by atoms with Gasteiger partial charge >= 0.3 is 0 Å². The molecule has 0 spiro atoms. The Hall–Kier alpha value is -2.23. The van der Waals surface area contributed by atoms with E-state index in [1.165, 1.54) is 0 Å². The maximum atomic E-state index is 4.10. The number of hydrogen-bond acceptors (Lipinski definition) is 3. The van der Waals surface area contributed by atoms with Crippen LogP contribution in [-0.2, 0) is 0 Å². The number of aromatic amines is 1. The molecule has 0 saturated heterocycles. The predicted octanol–water partition coefficient (Wildman–Crippen LogP) is 3.26. The Bertz CT molecular complexity index is 590. The number of hydrogen-bond donors (Lipinski definition) is 1. The normalized spacial score (nSPS) is 18.1. The Morgan fingerprint density at radius 3 is 3.13 bits per heavy atom. The van der Waals surface area contributed by atoms with Crippen LogP contribution in [0, 0.1) is 0 Å². The third-order valence-electron chi connectivity index (χ3n) is 2.36. The molecule has 0 unspecified atom stereocenters. The molecule has 3 rings (SSSR count). The number of nitrogens with zero attached hydrogens (tertiary/aromatic N) is 3. The van der Waals surface area contributed by atoms with E-state index in [0.717, 1.165) is 22.2 Å². The third-order valence-corrected chi connectivity index (χ3v) is 2.36. The van der Waals surface area contributed by atoms with Crippen LogP contribution in [0.4, 0.5) is 5.69 Å². The summed E-state index contributed by atoms with van der Waals surface area (Å²) in [6.45, 7) is 0. The Balaban J connectivity index is 2.37. The molecule has 15 heavy (non-hydrogen) atoms. The second kappa shape index (κ2) is 3.16. The van der Waals surface area contributed by atoms with Crippen LogP contribution in [-0.4, -0.2) is 11.2 Å². The zero-order valence-electron chi connectivity index (χ0n) is 7.88. The molecule has 2 aromatic rings. The van der Waals surface area contributed by atoms with E-state index < -0.39 is 0 Å². The Labute approximate surface area is 86.0 Å². The third kappa shape index (κ3) is 1.27. The molecule has 0 amide bonds. The van der Waals surface area contributed by atoms with Crippen molar-refractivity contribution in [2.45, 2.75) is 0 Å². The summed E-state index contributed by atoms with van der Waals surface area (Å²) in [5.41, 5.74) is 2.98. The first kappa shape index (κ1) is 8.11. The van der Waals surface area contributed by atoms with Crippen molar-refractivity contribution in [2.24, 2.45) is 15.4 Å². The summed E-state index contributed by atoms with van der Waals surface area (Å²) >= 11 is 0. The molecule has 0 radical (unpaired) electrons. The molecule has 1 aliphatic rings. The van der Waals surface area contributed by atoms with E-state index in [9.17, 15) is 0 Å². The van der Waals surface area contributed by atoms with Gasteiger partial charge in [0, 0.05) is 22.7 Å². The summed E-state index contributed by atoms with van der Waals surface area (Å²) in [6, 6.07) is 6.04. The first-order valence-electron chi connectivity index (χ1n) is 4.66. The summed E-state index contributed by atoms with van der Waals surface area (Å²) in [7, 11) is 0. The molecular weight excluding hydrogens is 188 g/mol. The first-order chi connectivity index (χ1) is 7.45. The lowest BCUT2D eigenvalue weighted by Crippen LogP contribution is -1.78. The van der Waals surface area contributed by atoms with Crippen LogP contribution >= 0.6 is 0 Å². The number of allylic oxidation sites excluding steroid dienone is 1. The van der Waals surface area contributed by atoms with Crippen molar-refractivity contribution in [2.75, 3.05) is 0 Å². The molecule has 72 valence electrons. The average Bonchev–Trinajstić information content (AvgIpc) is 2.65. The summed E-state index contributed by atoms with van der Waals surface area (Å²) in [5, 5.41) is 12.7. The van der Waals surface area contributed by atoms with E-state index in [2.05, 4.69) is 20.4 Å². The number of rotatable bonds is 0. The van der Waals surface area contributed by atoms with Gasteiger partial charge in [-0.05, 0) is 23.4 Å².